The van der Waals surface area contributed by atoms with Crippen molar-refractivity contribution in [3.8, 4) is 11.5 Å². The number of methoxy groups -OCH3 is 2. The fourth-order valence-electron chi connectivity index (χ4n) is 2.45. The maximum atomic E-state index is 12.5. The van der Waals surface area contributed by atoms with Gasteiger partial charge in [0.05, 0.1) is 20.1 Å². The van der Waals surface area contributed by atoms with Gasteiger partial charge in [0.2, 0.25) is 0 Å². The van der Waals surface area contributed by atoms with Gasteiger partial charge < -0.3 is 19.9 Å². The number of aliphatic carboxylic acids is 1. The van der Waals surface area contributed by atoms with Crippen LogP contribution in [-0.4, -0.2) is 31.2 Å². The number of rotatable bonds is 6. The van der Waals surface area contributed by atoms with E-state index in [1.54, 1.807) is 43.3 Å². The third kappa shape index (κ3) is 4.09. The van der Waals surface area contributed by atoms with Gasteiger partial charge in [-0.05, 0) is 43.7 Å². The van der Waals surface area contributed by atoms with E-state index in [0.29, 0.717) is 28.3 Å². The Hall–Kier alpha value is -3.02. The van der Waals surface area contributed by atoms with Crippen molar-refractivity contribution in [2.45, 2.75) is 19.8 Å². The molecule has 2 aromatic carbocycles. The largest absolute Gasteiger partial charge is 0.496 e. The summed E-state index contributed by atoms with van der Waals surface area (Å²) >= 11 is 0. The Morgan fingerprint density at radius 2 is 1.68 bits per heavy atom. The molecule has 2 N–H and O–H groups in total. The number of hydrogen-bond donors (Lipinski definition) is 2. The topological polar surface area (TPSA) is 84.9 Å². The van der Waals surface area contributed by atoms with Gasteiger partial charge in [0.25, 0.3) is 5.91 Å². The first kappa shape index (κ1) is 18.3. The van der Waals surface area contributed by atoms with Crippen LogP contribution < -0.4 is 14.8 Å². The second-order valence-electron chi connectivity index (χ2n) is 5.65. The van der Waals surface area contributed by atoms with E-state index in [9.17, 15) is 9.59 Å². The lowest BCUT2D eigenvalue weighted by molar-refractivity contribution is -0.138. The summed E-state index contributed by atoms with van der Waals surface area (Å²) in [5, 5.41) is 11.9. The Kier molecular flexibility index (Phi) is 5.64. The fourth-order valence-corrected chi connectivity index (χ4v) is 2.45. The lowest BCUT2D eigenvalue weighted by atomic mass is 10.0. The molecule has 0 aliphatic rings. The Balaban J connectivity index is 2.28. The zero-order valence-corrected chi connectivity index (χ0v) is 14.6. The number of nitrogens with one attached hydrogen (secondary N) is 1. The molecule has 0 spiro atoms. The zero-order chi connectivity index (χ0) is 18.6. The molecule has 2 rings (SSSR count). The summed E-state index contributed by atoms with van der Waals surface area (Å²) in [5.74, 6) is -0.805. The van der Waals surface area contributed by atoms with Gasteiger partial charge in [0, 0.05) is 16.8 Å². The van der Waals surface area contributed by atoms with Crippen molar-refractivity contribution in [1.82, 2.24) is 0 Å². The average Bonchev–Trinajstić information content (AvgIpc) is 2.61. The number of ether oxygens (including phenoxy) is 2. The monoisotopic (exact) mass is 343 g/mol. The first-order valence-corrected chi connectivity index (χ1v) is 7.74. The van der Waals surface area contributed by atoms with Gasteiger partial charge in [-0.3, -0.25) is 9.59 Å². The highest BCUT2D eigenvalue weighted by atomic mass is 16.5. The van der Waals surface area contributed by atoms with Gasteiger partial charge in [-0.2, -0.15) is 0 Å². The van der Waals surface area contributed by atoms with Crippen molar-refractivity contribution in [3.05, 3.63) is 53.1 Å². The standard InChI is InChI=1S/C19H21NO5/c1-11(19(22)23)13-6-5-7-15(8-13)20-18(21)14-9-16(24-3)12(2)17(10-14)25-4/h5-11H,1-4H3,(H,20,21)(H,22,23). The number of carbonyl (C=O) groups excluding carboxylic acids is 1. The first-order chi connectivity index (χ1) is 11.9. The van der Waals surface area contributed by atoms with Gasteiger partial charge in [-0.15, -0.1) is 0 Å². The van der Waals surface area contributed by atoms with Crippen LogP contribution in [0.3, 0.4) is 0 Å². The molecule has 0 aliphatic carbocycles. The Bertz CT molecular complexity index is 775. The van der Waals surface area contributed by atoms with Crippen molar-refractivity contribution in [2.75, 3.05) is 19.5 Å². The summed E-state index contributed by atoms with van der Waals surface area (Å²) in [6.45, 7) is 3.44. The lowest BCUT2D eigenvalue weighted by Crippen LogP contribution is -2.13. The maximum absolute atomic E-state index is 12.5. The van der Waals surface area contributed by atoms with Crippen molar-refractivity contribution in [2.24, 2.45) is 0 Å². The second-order valence-corrected chi connectivity index (χ2v) is 5.65. The van der Waals surface area contributed by atoms with E-state index in [0.717, 1.165) is 5.56 Å². The molecule has 6 heteroatoms. The minimum atomic E-state index is -0.920. The number of benzene rings is 2. The quantitative estimate of drug-likeness (QED) is 0.839. The normalized spacial score (nSPS) is 11.5. The van der Waals surface area contributed by atoms with Crippen LogP contribution in [0.1, 0.15) is 34.3 Å². The van der Waals surface area contributed by atoms with E-state index in [2.05, 4.69) is 5.32 Å². The number of carboxylic acid groups (broad SMARTS) is 1. The number of hydrogen-bond acceptors (Lipinski definition) is 4. The summed E-state index contributed by atoms with van der Waals surface area (Å²) in [4.78, 5) is 23.7. The van der Waals surface area contributed by atoms with Gasteiger partial charge in [-0.25, -0.2) is 0 Å². The molecular weight excluding hydrogens is 322 g/mol. The molecule has 0 saturated carbocycles. The molecule has 25 heavy (non-hydrogen) atoms. The van der Waals surface area contributed by atoms with Crippen LogP contribution in [0.2, 0.25) is 0 Å². The third-order valence-electron chi connectivity index (χ3n) is 4.03. The highest BCUT2D eigenvalue weighted by Crippen LogP contribution is 2.30. The lowest BCUT2D eigenvalue weighted by Gasteiger charge is -2.13. The summed E-state index contributed by atoms with van der Waals surface area (Å²) in [5.41, 5.74) is 2.33. The Labute approximate surface area is 146 Å². The van der Waals surface area contributed by atoms with E-state index >= 15 is 0 Å². The highest BCUT2D eigenvalue weighted by Gasteiger charge is 2.16. The molecule has 0 heterocycles. The Morgan fingerprint density at radius 1 is 1.08 bits per heavy atom. The summed E-state index contributed by atoms with van der Waals surface area (Å²) in [7, 11) is 3.06. The molecule has 2 aromatic rings. The predicted octanol–water partition coefficient (Wildman–Crippen LogP) is 3.45. The van der Waals surface area contributed by atoms with E-state index < -0.39 is 11.9 Å². The van der Waals surface area contributed by atoms with Gasteiger partial charge in [0.1, 0.15) is 11.5 Å². The van der Waals surface area contributed by atoms with Crippen LogP contribution in [0, 0.1) is 6.92 Å². The molecule has 0 aliphatic heterocycles. The van der Waals surface area contributed by atoms with Crippen LogP contribution in [0.5, 0.6) is 11.5 Å². The van der Waals surface area contributed by atoms with Gasteiger partial charge in [-0.1, -0.05) is 12.1 Å². The van der Waals surface area contributed by atoms with Gasteiger partial charge in [0.15, 0.2) is 0 Å². The molecule has 1 amide bonds. The van der Waals surface area contributed by atoms with E-state index in [4.69, 9.17) is 14.6 Å². The van der Waals surface area contributed by atoms with Crippen LogP contribution in [0.25, 0.3) is 0 Å². The third-order valence-corrected chi connectivity index (χ3v) is 4.03. The summed E-state index contributed by atoms with van der Waals surface area (Å²) in [6, 6.07) is 10.1. The van der Waals surface area contributed by atoms with Crippen LogP contribution in [0.4, 0.5) is 5.69 Å². The molecule has 0 saturated heterocycles. The van der Waals surface area contributed by atoms with E-state index in [1.807, 2.05) is 6.92 Å². The SMILES string of the molecule is COc1cc(C(=O)Nc2cccc(C(C)C(=O)O)c2)cc(OC)c1C. The van der Waals surface area contributed by atoms with Crippen LogP contribution in [-0.2, 0) is 4.79 Å². The Morgan fingerprint density at radius 3 is 2.20 bits per heavy atom. The first-order valence-electron chi connectivity index (χ1n) is 7.74. The van der Waals surface area contributed by atoms with E-state index in [-0.39, 0.29) is 5.91 Å². The summed E-state index contributed by atoms with van der Waals surface area (Å²) in [6.07, 6.45) is 0. The second kappa shape index (κ2) is 7.70. The van der Waals surface area contributed by atoms with Crippen molar-refractivity contribution in [3.63, 3.8) is 0 Å². The highest BCUT2D eigenvalue weighted by molar-refractivity contribution is 6.05. The summed E-state index contributed by atoms with van der Waals surface area (Å²) < 4.78 is 10.6. The van der Waals surface area contributed by atoms with Crippen molar-refractivity contribution < 1.29 is 24.2 Å². The number of anilines is 1. The van der Waals surface area contributed by atoms with Crippen LogP contribution in [0.15, 0.2) is 36.4 Å². The number of carboxylic acids is 1. The van der Waals surface area contributed by atoms with Crippen molar-refractivity contribution >= 4 is 17.6 Å². The molecule has 0 radical (unpaired) electrons. The minimum Gasteiger partial charge on any atom is -0.496 e. The molecule has 1 unspecified atom stereocenters. The average molecular weight is 343 g/mol. The molecule has 0 bridgehead atoms. The predicted molar refractivity (Wildman–Crippen MR) is 94.7 cm³/mol. The molecule has 0 aromatic heterocycles. The van der Waals surface area contributed by atoms with E-state index in [1.165, 1.54) is 14.2 Å². The maximum Gasteiger partial charge on any atom is 0.310 e. The van der Waals surface area contributed by atoms with Crippen LogP contribution >= 0.6 is 0 Å². The zero-order valence-electron chi connectivity index (χ0n) is 14.6. The molecule has 132 valence electrons. The fraction of sp³-hybridized carbons (Fsp3) is 0.263. The molecular formula is C19H21NO5. The molecule has 6 nitrogen and oxygen atoms in total. The number of amides is 1. The minimum absolute atomic E-state index is 0.336. The van der Waals surface area contributed by atoms with Gasteiger partial charge >= 0.3 is 5.97 Å². The molecule has 1 atom stereocenters. The smallest absolute Gasteiger partial charge is 0.310 e. The molecule has 0 fully saturated rings. The number of carbonyl (C=O) groups is 2. The van der Waals surface area contributed by atoms with Crippen molar-refractivity contribution in [1.29, 1.82) is 0 Å².